The summed E-state index contributed by atoms with van der Waals surface area (Å²) in [5, 5.41) is 10.8. The van der Waals surface area contributed by atoms with Gasteiger partial charge in [0, 0.05) is 26.2 Å². The third-order valence-electron chi connectivity index (χ3n) is 4.25. The maximum absolute atomic E-state index is 12.7. The Morgan fingerprint density at radius 1 is 1.12 bits per heavy atom. The molecule has 8 nitrogen and oxygen atoms in total. The zero-order chi connectivity index (χ0) is 18.6. The van der Waals surface area contributed by atoms with E-state index >= 15 is 0 Å². The van der Waals surface area contributed by atoms with Crippen LogP contribution in [-0.2, 0) is 19.6 Å². The number of nitrogens with one attached hydrogen (secondary N) is 1. The molecule has 1 aliphatic rings. The van der Waals surface area contributed by atoms with Crippen LogP contribution in [0.4, 0.5) is 0 Å². The summed E-state index contributed by atoms with van der Waals surface area (Å²) in [4.78, 5) is 24.2. The predicted molar refractivity (Wildman–Crippen MR) is 99.0 cm³/mol. The van der Waals surface area contributed by atoms with Gasteiger partial charge in [-0.1, -0.05) is 6.07 Å². The van der Waals surface area contributed by atoms with Crippen LogP contribution >= 0.6 is 12.4 Å². The summed E-state index contributed by atoms with van der Waals surface area (Å²) in [6, 6.07) is 5.09. The Balaban J connectivity index is 0.00000338. The summed E-state index contributed by atoms with van der Waals surface area (Å²) in [5.41, 5.74) is 1.96. The number of carboxylic acids is 1. The number of nitrogens with zero attached hydrogens (tertiary/aromatic N) is 2. The lowest BCUT2D eigenvalue weighted by molar-refractivity contribution is -0.138. The molecular weight excluding hydrogens is 382 g/mol. The monoisotopic (exact) mass is 405 g/mol. The van der Waals surface area contributed by atoms with Crippen molar-refractivity contribution >= 4 is 34.3 Å². The number of aryl methyl sites for hydroxylation is 2. The van der Waals surface area contributed by atoms with Gasteiger partial charge < -0.3 is 10.4 Å². The van der Waals surface area contributed by atoms with E-state index in [1.165, 1.54) is 4.31 Å². The van der Waals surface area contributed by atoms with E-state index in [1.54, 1.807) is 18.2 Å². The number of carboxylic acid groups (broad SMARTS) is 1. The molecule has 1 aromatic carbocycles. The van der Waals surface area contributed by atoms with E-state index in [4.69, 9.17) is 5.11 Å². The SMILES string of the molecule is Cc1ccc(S(=O)(=O)N2CCN(CC(=O)NCC(=O)O)CC2)cc1C.Cl. The molecule has 0 aliphatic carbocycles. The number of carbonyl (C=O) groups excluding carboxylic acids is 1. The number of piperazine rings is 1. The van der Waals surface area contributed by atoms with Crippen LogP contribution in [0.1, 0.15) is 11.1 Å². The van der Waals surface area contributed by atoms with Gasteiger partial charge in [-0.15, -0.1) is 12.4 Å². The fraction of sp³-hybridized carbons (Fsp3) is 0.500. The molecule has 1 aromatic rings. The summed E-state index contributed by atoms with van der Waals surface area (Å²) in [5.74, 6) is -1.48. The normalized spacial score (nSPS) is 15.9. The number of sulfonamides is 1. The number of hydrogen-bond acceptors (Lipinski definition) is 5. The van der Waals surface area contributed by atoms with E-state index < -0.39 is 22.5 Å². The quantitative estimate of drug-likeness (QED) is 0.701. The van der Waals surface area contributed by atoms with Gasteiger partial charge in [-0.2, -0.15) is 4.31 Å². The van der Waals surface area contributed by atoms with Crippen molar-refractivity contribution in [3.63, 3.8) is 0 Å². The summed E-state index contributed by atoms with van der Waals surface area (Å²) < 4.78 is 26.9. The van der Waals surface area contributed by atoms with Crippen LogP contribution in [0.3, 0.4) is 0 Å². The second-order valence-corrected chi connectivity index (χ2v) is 8.03. The van der Waals surface area contributed by atoms with Crippen LogP contribution in [0.15, 0.2) is 23.1 Å². The van der Waals surface area contributed by atoms with Crippen molar-refractivity contribution in [1.29, 1.82) is 0 Å². The molecule has 0 saturated carbocycles. The van der Waals surface area contributed by atoms with Crippen LogP contribution in [0, 0.1) is 13.8 Å². The number of rotatable bonds is 6. The first kappa shape index (κ1) is 22.4. The van der Waals surface area contributed by atoms with Crippen LogP contribution in [0.5, 0.6) is 0 Å². The third-order valence-corrected chi connectivity index (χ3v) is 6.15. The van der Waals surface area contributed by atoms with E-state index in [0.717, 1.165) is 11.1 Å². The average Bonchev–Trinajstić information content (AvgIpc) is 2.56. The molecule has 2 rings (SSSR count). The highest BCUT2D eigenvalue weighted by molar-refractivity contribution is 7.89. The van der Waals surface area contributed by atoms with E-state index in [2.05, 4.69) is 5.32 Å². The van der Waals surface area contributed by atoms with E-state index in [9.17, 15) is 18.0 Å². The summed E-state index contributed by atoms with van der Waals surface area (Å²) >= 11 is 0. The molecule has 2 N–H and O–H groups in total. The van der Waals surface area contributed by atoms with Crippen LogP contribution in [-0.4, -0.2) is 73.9 Å². The minimum absolute atomic E-state index is 0. The lowest BCUT2D eigenvalue weighted by atomic mass is 10.1. The number of aliphatic carboxylic acids is 1. The maximum atomic E-state index is 12.7. The Bertz CT molecular complexity index is 761. The van der Waals surface area contributed by atoms with E-state index in [-0.39, 0.29) is 29.8 Å². The molecule has 10 heteroatoms. The van der Waals surface area contributed by atoms with Gasteiger partial charge in [-0.05, 0) is 37.1 Å². The van der Waals surface area contributed by atoms with Crippen molar-refractivity contribution in [2.24, 2.45) is 0 Å². The van der Waals surface area contributed by atoms with Crippen LogP contribution in [0.2, 0.25) is 0 Å². The van der Waals surface area contributed by atoms with E-state index in [0.29, 0.717) is 26.2 Å². The van der Waals surface area contributed by atoms with Gasteiger partial charge in [-0.25, -0.2) is 8.42 Å². The van der Waals surface area contributed by atoms with Gasteiger partial charge in [0.25, 0.3) is 0 Å². The lowest BCUT2D eigenvalue weighted by Gasteiger charge is -2.33. The minimum Gasteiger partial charge on any atom is -0.480 e. The molecule has 0 unspecified atom stereocenters. The minimum atomic E-state index is -3.55. The molecule has 0 radical (unpaired) electrons. The van der Waals surface area contributed by atoms with Crippen LogP contribution < -0.4 is 5.32 Å². The first-order chi connectivity index (χ1) is 11.7. The smallest absolute Gasteiger partial charge is 0.322 e. The predicted octanol–water partition coefficient (Wildman–Crippen LogP) is 0.232. The Morgan fingerprint density at radius 2 is 1.73 bits per heavy atom. The Morgan fingerprint density at radius 3 is 2.27 bits per heavy atom. The standard InChI is InChI=1S/C16H23N3O5S.ClH/c1-12-3-4-14(9-13(12)2)25(23,24)19-7-5-18(6-8-19)11-15(20)17-10-16(21)22;/h3-4,9H,5-8,10-11H2,1-2H3,(H,17,20)(H,21,22);1H. The Hall–Kier alpha value is -1.68. The summed E-state index contributed by atoms with van der Waals surface area (Å²) in [6.45, 7) is 4.88. The van der Waals surface area contributed by atoms with Gasteiger partial charge in [0.05, 0.1) is 11.4 Å². The van der Waals surface area contributed by atoms with E-state index in [1.807, 2.05) is 18.7 Å². The van der Waals surface area contributed by atoms with Gasteiger partial charge in [0.15, 0.2) is 0 Å². The highest BCUT2D eigenvalue weighted by Gasteiger charge is 2.29. The molecule has 1 saturated heterocycles. The van der Waals surface area contributed by atoms with Crippen molar-refractivity contribution in [1.82, 2.24) is 14.5 Å². The molecule has 0 bridgehead atoms. The lowest BCUT2D eigenvalue weighted by Crippen LogP contribution is -2.51. The average molecular weight is 406 g/mol. The number of halogens is 1. The van der Waals surface area contributed by atoms with Gasteiger partial charge >= 0.3 is 5.97 Å². The maximum Gasteiger partial charge on any atom is 0.322 e. The van der Waals surface area contributed by atoms with Gasteiger partial charge in [-0.3, -0.25) is 14.5 Å². The molecule has 1 amide bonds. The molecule has 1 aliphatic heterocycles. The zero-order valence-corrected chi connectivity index (χ0v) is 16.4. The Labute approximate surface area is 159 Å². The van der Waals surface area contributed by atoms with Crippen molar-refractivity contribution in [2.45, 2.75) is 18.7 Å². The van der Waals surface area contributed by atoms with Crippen molar-refractivity contribution in [3.05, 3.63) is 29.3 Å². The molecule has 1 heterocycles. The van der Waals surface area contributed by atoms with Crippen LogP contribution in [0.25, 0.3) is 0 Å². The molecular formula is C16H24ClN3O5S. The van der Waals surface area contributed by atoms with Crippen molar-refractivity contribution in [3.8, 4) is 0 Å². The number of amides is 1. The zero-order valence-electron chi connectivity index (χ0n) is 14.8. The fourth-order valence-electron chi connectivity index (χ4n) is 2.58. The molecule has 146 valence electrons. The molecule has 0 atom stereocenters. The second kappa shape index (κ2) is 9.31. The fourth-order valence-corrected chi connectivity index (χ4v) is 4.09. The van der Waals surface area contributed by atoms with Gasteiger partial charge in [0.1, 0.15) is 6.54 Å². The third kappa shape index (κ3) is 5.66. The van der Waals surface area contributed by atoms with Crippen molar-refractivity contribution < 1.29 is 23.1 Å². The topological polar surface area (TPSA) is 107 Å². The second-order valence-electron chi connectivity index (χ2n) is 6.10. The molecule has 0 aromatic heterocycles. The molecule has 0 spiro atoms. The number of hydrogen-bond donors (Lipinski definition) is 2. The number of carbonyl (C=O) groups is 2. The summed E-state index contributed by atoms with van der Waals surface area (Å²) in [7, 11) is -3.55. The Kier molecular flexibility index (Phi) is 8.01. The first-order valence-electron chi connectivity index (χ1n) is 7.98. The largest absolute Gasteiger partial charge is 0.480 e. The molecule has 1 fully saturated rings. The first-order valence-corrected chi connectivity index (χ1v) is 9.42. The highest BCUT2D eigenvalue weighted by atomic mass is 35.5. The van der Waals surface area contributed by atoms with Gasteiger partial charge in [0.2, 0.25) is 15.9 Å². The molecule has 26 heavy (non-hydrogen) atoms. The number of benzene rings is 1. The van der Waals surface area contributed by atoms with Crippen molar-refractivity contribution in [2.75, 3.05) is 39.3 Å². The summed E-state index contributed by atoms with van der Waals surface area (Å²) in [6.07, 6.45) is 0. The highest BCUT2D eigenvalue weighted by Crippen LogP contribution is 2.20.